The van der Waals surface area contributed by atoms with Crippen molar-refractivity contribution in [2.45, 2.75) is 32.2 Å². The molecule has 2 aromatic rings. The third-order valence-electron chi connectivity index (χ3n) is 4.89. The van der Waals surface area contributed by atoms with E-state index in [-0.39, 0.29) is 22.6 Å². The predicted molar refractivity (Wildman–Crippen MR) is 106 cm³/mol. The molecule has 1 aromatic carbocycles. The van der Waals surface area contributed by atoms with Crippen molar-refractivity contribution in [3.8, 4) is 0 Å². The van der Waals surface area contributed by atoms with Crippen LogP contribution in [0.4, 0.5) is 5.69 Å². The van der Waals surface area contributed by atoms with Gasteiger partial charge >= 0.3 is 0 Å². The zero-order chi connectivity index (χ0) is 21.0. The number of likely N-dealkylation sites (tertiary alicyclic amines) is 1. The number of benzene rings is 1. The first-order valence-electron chi connectivity index (χ1n) is 9.38. The molecule has 1 aliphatic rings. The number of unbranched alkanes of at least 4 members (excludes halogenated alkanes) is 2. The summed E-state index contributed by atoms with van der Waals surface area (Å²) in [6.45, 7) is 2.43. The Hall–Kier alpha value is -3.55. The van der Waals surface area contributed by atoms with Crippen molar-refractivity contribution < 1.29 is 19.6 Å². The summed E-state index contributed by atoms with van der Waals surface area (Å²) in [6.07, 6.45) is 5.75. The topological polar surface area (TPSA) is 114 Å². The van der Waals surface area contributed by atoms with Crippen LogP contribution in [0.2, 0.25) is 0 Å². The van der Waals surface area contributed by atoms with Crippen LogP contribution in [0.5, 0.6) is 0 Å². The number of aliphatic hydroxyl groups is 1. The molecule has 0 radical (unpaired) electrons. The van der Waals surface area contributed by atoms with Gasteiger partial charge in [-0.05, 0) is 30.2 Å². The van der Waals surface area contributed by atoms with E-state index in [4.69, 9.17) is 0 Å². The van der Waals surface area contributed by atoms with Crippen LogP contribution >= 0.6 is 0 Å². The maximum atomic E-state index is 12.8. The van der Waals surface area contributed by atoms with Gasteiger partial charge in [-0.2, -0.15) is 0 Å². The van der Waals surface area contributed by atoms with E-state index >= 15 is 0 Å². The molecule has 1 saturated heterocycles. The van der Waals surface area contributed by atoms with Gasteiger partial charge in [0, 0.05) is 36.6 Å². The second-order valence-electron chi connectivity index (χ2n) is 6.79. The number of amides is 1. The van der Waals surface area contributed by atoms with Gasteiger partial charge in [-0.15, -0.1) is 0 Å². The Morgan fingerprint density at radius 3 is 2.52 bits per heavy atom. The highest BCUT2D eigenvalue weighted by molar-refractivity contribution is 6.46. The average molecular weight is 395 g/mol. The van der Waals surface area contributed by atoms with E-state index < -0.39 is 22.7 Å². The number of aromatic nitrogens is 1. The minimum atomic E-state index is -0.772. The molecule has 0 bridgehead atoms. The van der Waals surface area contributed by atoms with E-state index in [1.54, 1.807) is 24.5 Å². The minimum Gasteiger partial charge on any atom is -0.507 e. The number of pyridine rings is 1. The summed E-state index contributed by atoms with van der Waals surface area (Å²) in [7, 11) is 0. The highest BCUT2D eigenvalue weighted by Gasteiger charge is 2.45. The number of nitro benzene ring substituents is 1. The fourth-order valence-electron chi connectivity index (χ4n) is 3.42. The molecule has 0 aliphatic carbocycles. The molecule has 1 atom stereocenters. The smallest absolute Gasteiger partial charge is 0.295 e. The van der Waals surface area contributed by atoms with Crippen molar-refractivity contribution in [2.24, 2.45) is 0 Å². The van der Waals surface area contributed by atoms with Crippen LogP contribution in [0.1, 0.15) is 43.4 Å². The number of aliphatic hydroxyl groups excluding tert-OH is 1. The molecular formula is C21H21N3O5. The number of nitrogens with zero attached hydrogens (tertiary/aromatic N) is 3. The summed E-state index contributed by atoms with van der Waals surface area (Å²) < 4.78 is 0. The number of Topliss-reactive ketones (excluding diaryl/α,β-unsaturated/α-hetero) is 1. The Morgan fingerprint density at radius 2 is 1.93 bits per heavy atom. The van der Waals surface area contributed by atoms with Crippen LogP contribution in [0.3, 0.4) is 0 Å². The molecule has 0 spiro atoms. The SMILES string of the molecule is CCCCCN1C(=O)C(=O)/C(=C(\O)c2ccc([N+](=O)[O-])cc2)C1c1cccnc1. The van der Waals surface area contributed by atoms with Gasteiger partial charge in [0.05, 0.1) is 16.5 Å². The Morgan fingerprint density at radius 1 is 1.21 bits per heavy atom. The van der Waals surface area contributed by atoms with Crippen molar-refractivity contribution in [3.63, 3.8) is 0 Å². The molecule has 2 heterocycles. The van der Waals surface area contributed by atoms with Gasteiger partial charge in [0.25, 0.3) is 17.4 Å². The molecule has 8 nitrogen and oxygen atoms in total. The first-order chi connectivity index (χ1) is 14.0. The normalized spacial score (nSPS) is 18.2. The molecule has 8 heteroatoms. The first kappa shape index (κ1) is 20.2. The summed E-state index contributed by atoms with van der Waals surface area (Å²) >= 11 is 0. The fourth-order valence-corrected chi connectivity index (χ4v) is 3.42. The second-order valence-corrected chi connectivity index (χ2v) is 6.79. The Bertz CT molecular complexity index is 954. The summed E-state index contributed by atoms with van der Waals surface area (Å²) in [5.41, 5.74) is 0.682. The number of hydrogen-bond donors (Lipinski definition) is 1. The zero-order valence-electron chi connectivity index (χ0n) is 15.9. The van der Waals surface area contributed by atoms with Crippen LogP contribution in [0.15, 0.2) is 54.4 Å². The quantitative estimate of drug-likeness (QED) is 0.191. The largest absolute Gasteiger partial charge is 0.507 e. The lowest BCUT2D eigenvalue weighted by molar-refractivity contribution is -0.384. The maximum absolute atomic E-state index is 12.8. The van der Waals surface area contributed by atoms with Crippen LogP contribution in [-0.4, -0.2) is 38.1 Å². The van der Waals surface area contributed by atoms with Gasteiger partial charge in [-0.3, -0.25) is 24.7 Å². The van der Waals surface area contributed by atoms with Crippen molar-refractivity contribution in [1.29, 1.82) is 0 Å². The molecule has 0 saturated carbocycles. The van der Waals surface area contributed by atoms with Crippen LogP contribution in [-0.2, 0) is 9.59 Å². The van der Waals surface area contributed by atoms with E-state index in [2.05, 4.69) is 4.98 Å². The van der Waals surface area contributed by atoms with Gasteiger partial charge in [0.2, 0.25) is 0 Å². The number of non-ortho nitro benzene ring substituents is 1. The van der Waals surface area contributed by atoms with Crippen molar-refractivity contribution in [1.82, 2.24) is 9.88 Å². The zero-order valence-corrected chi connectivity index (χ0v) is 15.9. The number of carbonyl (C=O) groups excluding carboxylic acids is 2. The molecule has 1 N–H and O–H groups in total. The van der Waals surface area contributed by atoms with Gasteiger partial charge in [-0.1, -0.05) is 25.8 Å². The third kappa shape index (κ3) is 4.01. The van der Waals surface area contributed by atoms with Crippen LogP contribution < -0.4 is 0 Å². The number of carbonyl (C=O) groups is 2. The first-order valence-corrected chi connectivity index (χ1v) is 9.38. The Kier molecular flexibility index (Phi) is 6.01. The maximum Gasteiger partial charge on any atom is 0.295 e. The van der Waals surface area contributed by atoms with E-state index in [0.717, 1.165) is 19.3 Å². The molecule has 1 fully saturated rings. The molecular weight excluding hydrogens is 374 g/mol. The minimum absolute atomic E-state index is 0.0339. The van der Waals surface area contributed by atoms with E-state index in [0.29, 0.717) is 12.1 Å². The van der Waals surface area contributed by atoms with Crippen molar-refractivity contribution in [3.05, 3.63) is 75.6 Å². The summed E-state index contributed by atoms with van der Waals surface area (Å²) in [6, 6.07) is 7.90. The molecule has 29 heavy (non-hydrogen) atoms. The standard InChI is InChI=1S/C21H21N3O5/c1-2-3-4-12-23-18(15-6-5-11-22-13-15)17(20(26)21(23)27)19(25)14-7-9-16(10-8-14)24(28)29/h5-11,13,18,25H,2-4,12H2,1H3/b19-17-. The van der Waals surface area contributed by atoms with Crippen molar-refractivity contribution >= 4 is 23.1 Å². The van der Waals surface area contributed by atoms with Crippen LogP contribution in [0, 0.1) is 10.1 Å². The lowest BCUT2D eigenvalue weighted by Gasteiger charge is -2.25. The molecule has 1 aliphatic heterocycles. The summed E-state index contributed by atoms with van der Waals surface area (Å²) in [5, 5.41) is 21.7. The van der Waals surface area contributed by atoms with Gasteiger partial charge < -0.3 is 10.0 Å². The van der Waals surface area contributed by atoms with Crippen molar-refractivity contribution in [2.75, 3.05) is 6.54 Å². The molecule has 1 aromatic heterocycles. The highest BCUT2D eigenvalue weighted by Crippen LogP contribution is 2.39. The Labute approximate surface area is 167 Å². The summed E-state index contributed by atoms with van der Waals surface area (Å²) in [5.74, 6) is -1.80. The lowest BCUT2D eigenvalue weighted by atomic mass is 9.96. The van der Waals surface area contributed by atoms with E-state index in [1.807, 2.05) is 6.92 Å². The van der Waals surface area contributed by atoms with E-state index in [1.165, 1.54) is 29.2 Å². The van der Waals surface area contributed by atoms with E-state index in [9.17, 15) is 24.8 Å². The van der Waals surface area contributed by atoms with Crippen LogP contribution in [0.25, 0.3) is 5.76 Å². The second kappa shape index (κ2) is 8.64. The Balaban J connectivity index is 2.08. The van der Waals surface area contributed by atoms with Gasteiger partial charge in [0.1, 0.15) is 5.76 Å². The number of ketones is 1. The molecule has 1 amide bonds. The molecule has 1 unspecified atom stereocenters. The number of hydrogen-bond acceptors (Lipinski definition) is 6. The number of nitro groups is 1. The lowest BCUT2D eigenvalue weighted by Crippen LogP contribution is -2.30. The molecule has 150 valence electrons. The predicted octanol–water partition coefficient (Wildman–Crippen LogP) is 3.60. The molecule has 3 rings (SSSR count). The summed E-state index contributed by atoms with van der Waals surface area (Å²) in [4.78, 5) is 41.3. The van der Waals surface area contributed by atoms with Gasteiger partial charge in [-0.25, -0.2) is 0 Å². The van der Waals surface area contributed by atoms with Gasteiger partial charge in [0.15, 0.2) is 0 Å². The fraction of sp³-hybridized carbons (Fsp3) is 0.286. The number of rotatable bonds is 7. The third-order valence-corrected chi connectivity index (χ3v) is 4.89. The average Bonchev–Trinajstić information content (AvgIpc) is 2.99. The monoisotopic (exact) mass is 395 g/mol. The highest BCUT2D eigenvalue weighted by atomic mass is 16.6.